The van der Waals surface area contributed by atoms with Gasteiger partial charge in [0.05, 0.1) is 0 Å². The fourth-order valence-corrected chi connectivity index (χ4v) is 3.35. The second kappa shape index (κ2) is 5.53. The van der Waals surface area contributed by atoms with Crippen LogP contribution in [0.2, 0.25) is 0 Å². The van der Waals surface area contributed by atoms with Crippen LogP contribution in [0.1, 0.15) is 19.3 Å². The highest BCUT2D eigenvalue weighted by Crippen LogP contribution is 2.36. The van der Waals surface area contributed by atoms with Crippen molar-refractivity contribution in [2.75, 3.05) is 19.7 Å². The quantitative estimate of drug-likeness (QED) is 0.745. The van der Waals surface area contributed by atoms with Gasteiger partial charge in [0.2, 0.25) is 0 Å². The second-order valence-corrected chi connectivity index (χ2v) is 5.62. The van der Waals surface area contributed by atoms with Crippen molar-refractivity contribution in [2.24, 2.45) is 5.92 Å². The van der Waals surface area contributed by atoms with Gasteiger partial charge in [0.25, 0.3) is 0 Å². The predicted molar refractivity (Wildman–Crippen MR) is 74.5 cm³/mol. The zero-order valence-corrected chi connectivity index (χ0v) is 11.0. The number of likely N-dealkylation sites (tertiary alicyclic amines) is 1. The Bertz CT molecular complexity index is 440. The molecule has 0 spiro atoms. The smallest absolute Gasteiger partial charge is 0.488 e. The van der Waals surface area contributed by atoms with Crippen molar-refractivity contribution < 1.29 is 14.8 Å². The third kappa shape index (κ3) is 2.94. The number of benzene rings is 1. The number of fused-ring (bicyclic) bond motifs is 2. The molecule has 2 N–H and O–H groups in total. The lowest BCUT2D eigenvalue weighted by molar-refractivity contribution is 0.172. The lowest BCUT2D eigenvalue weighted by atomic mass is 9.80. The highest BCUT2D eigenvalue weighted by molar-refractivity contribution is 6.58. The highest BCUT2D eigenvalue weighted by atomic mass is 16.5. The summed E-state index contributed by atoms with van der Waals surface area (Å²) < 4.78 is 5.70. The Labute approximate surface area is 114 Å². The van der Waals surface area contributed by atoms with E-state index in [-0.39, 0.29) is 0 Å². The van der Waals surface area contributed by atoms with Crippen molar-refractivity contribution in [3.8, 4) is 5.75 Å². The second-order valence-electron chi connectivity index (χ2n) is 5.62. The van der Waals surface area contributed by atoms with Gasteiger partial charge < -0.3 is 14.8 Å². The summed E-state index contributed by atoms with van der Waals surface area (Å²) in [6, 6.07) is 7.76. The molecule has 19 heavy (non-hydrogen) atoms. The number of nitrogens with zero attached hydrogens (tertiary/aromatic N) is 1. The summed E-state index contributed by atoms with van der Waals surface area (Å²) in [5.41, 5.74) is 0.470. The van der Waals surface area contributed by atoms with Gasteiger partial charge in [-0.15, -0.1) is 0 Å². The average molecular weight is 261 g/mol. The number of hydrogen-bond acceptors (Lipinski definition) is 4. The van der Waals surface area contributed by atoms with Crippen molar-refractivity contribution in [1.82, 2.24) is 4.90 Å². The van der Waals surface area contributed by atoms with Crippen molar-refractivity contribution >= 4 is 12.6 Å². The van der Waals surface area contributed by atoms with E-state index in [0.717, 1.165) is 18.5 Å². The molecule has 2 unspecified atom stereocenters. The van der Waals surface area contributed by atoms with E-state index in [9.17, 15) is 0 Å². The number of rotatable bonds is 5. The van der Waals surface area contributed by atoms with Crippen LogP contribution >= 0.6 is 0 Å². The minimum atomic E-state index is -1.43. The zero-order valence-electron chi connectivity index (χ0n) is 11.0. The molecule has 1 saturated heterocycles. The fraction of sp³-hybridized carbons (Fsp3) is 0.571. The van der Waals surface area contributed by atoms with E-state index in [1.807, 2.05) is 6.07 Å². The Morgan fingerprint density at radius 2 is 2.21 bits per heavy atom. The first-order valence-electron chi connectivity index (χ1n) is 7.05. The lowest BCUT2D eigenvalue weighted by Crippen LogP contribution is -2.35. The van der Waals surface area contributed by atoms with Crippen LogP contribution in [0.25, 0.3) is 0 Å². The van der Waals surface area contributed by atoms with E-state index < -0.39 is 7.12 Å². The lowest BCUT2D eigenvalue weighted by Gasteiger charge is -2.26. The SMILES string of the molecule is OB(O)c1cccc(OCCN2CC3CCC2C3)c1. The van der Waals surface area contributed by atoms with E-state index >= 15 is 0 Å². The zero-order chi connectivity index (χ0) is 13.2. The van der Waals surface area contributed by atoms with Crippen LogP contribution in [-0.4, -0.2) is 47.8 Å². The van der Waals surface area contributed by atoms with Crippen molar-refractivity contribution in [2.45, 2.75) is 25.3 Å². The maximum absolute atomic E-state index is 9.11. The van der Waals surface area contributed by atoms with E-state index in [0.29, 0.717) is 17.8 Å². The number of piperidine rings is 1. The Hall–Kier alpha value is -1.04. The van der Waals surface area contributed by atoms with Crippen molar-refractivity contribution in [3.63, 3.8) is 0 Å². The van der Waals surface area contributed by atoms with Crippen LogP contribution in [0.5, 0.6) is 5.75 Å². The monoisotopic (exact) mass is 261 g/mol. The molecule has 0 radical (unpaired) electrons. The normalized spacial score (nSPS) is 25.8. The topological polar surface area (TPSA) is 52.9 Å². The molecule has 1 aliphatic carbocycles. The molecule has 1 saturated carbocycles. The summed E-state index contributed by atoms with van der Waals surface area (Å²) in [7, 11) is -1.43. The molecule has 2 atom stereocenters. The largest absolute Gasteiger partial charge is 0.492 e. The third-order valence-electron chi connectivity index (χ3n) is 4.33. The fourth-order valence-electron chi connectivity index (χ4n) is 3.35. The molecule has 1 aromatic rings. The van der Waals surface area contributed by atoms with Crippen LogP contribution in [0.4, 0.5) is 0 Å². The molecule has 0 aromatic heterocycles. The van der Waals surface area contributed by atoms with Crippen LogP contribution in [0.3, 0.4) is 0 Å². The van der Waals surface area contributed by atoms with Crippen LogP contribution in [-0.2, 0) is 0 Å². The Morgan fingerprint density at radius 3 is 2.89 bits per heavy atom. The molecule has 1 aromatic carbocycles. The molecule has 1 aliphatic heterocycles. The molecule has 0 amide bonds. The van der Waals surface area contributed by atoms with E-state index in [2.05, 4.69) is 4.90 Å². The predicted octanol–water partition coefficient (Wildman–Crippen LogP) is 0.229. The van der Waals surface area contributed by atoms with Crippen molar-refractivity contribution in [1.29, 1.82) is 0 Å². The molecule has 2 aliphatic rings. The maximum Gasteiger partial charge on any atom is 0.488 e. The third-order valence-corrected chi connectivity index (χ3v) is 4.33. The van der Waals surface area contributed by atoms with E-state index in [4.69, 9.17) is 14.8 Å². The number of ether oxygens (including phenoxy) is 1. The summed E-state index contributed by atoms with van der Waals surface area (Å²) in [6.07, 6.45) is 4.11. The number of hydrogen-bond donors (Lipinski definition) is 2. The Balaban J connectivity index is 1.48. The van der Waals surface area contributed by atoms with Gasteiger partial charge in [0.1, 0.15) is 12.4 Å². The van der Waals surface area contributed by atoms with Gasteiger partial charge in [-0.1, -0.05) is 12.1 Å². The summed E-state index contributed by atoms with van der Waals surface area (Å²) in [5.74, 6) is 1.62. The molecule has 1 heterocycles. The molecule has 3 rings (SSSR count). The standard InChI is InChI=1S/C14H20BNO3/c17-15(18)12-2-1-3-14(9-12)19-7-6-16-10-11-4-5-13(16)8-11/h1-3,9,11,13,17-18H,4-8,10H2. The molecular formula is C14H20BNO3. The summed E-state index contributed by atoms with van der Waals surface area (Å²) in [4.78, 5) is 2.53. The van der Waals surface area contributed by atoms with Gasteiger partial charge in [0, 0.05) is 19.1 Å². The Morgan fingerprint density at radius 1 is 1.32 bits per heavy atom. The highest BCUT2D eigenvalue weighted by Gasteiger charge is 2.37. The van der Waals surface area contributed by atoms with Gasteiger partial charge in [-0.2, -0.15) is 0 Å². The van der Waals surface area contributed by atoms with Crippen LogP contribution in [0.15, 0.2) is 24.3 Å². The van der Waals surface area contributed by atoms with Gasteiger partial charge in [-0.25, -0.2) is 0 Å². The minimum Gasteiger partial charge on any atom is -0.492 e. The van der Waals surface area contributed by atoms with Crippen molar-refractivity contribution in [3.05, 3.63) is 24.3 Å². The first kappa shape index (κ1) is 13.0. The average Bonchev–Trinajstić information content (AvgIpc) is 3.01. The summed E-state index contributed by atoms with van der Waals surface area (Å²) in [6.45, 7) is 2.85. The van der Waals surface area contributed by atoms with Gasteiger partial charge >= 0.3 is 7.12 Å². The Kier molecular flexibility index (Phi) is 3.77. The molecule has 2 bridgehead atoms. The van der Waals surface area contributed by atoms with Crippen LogP contribution in [0, 0.1) is 5.92 Å². The van der Waals surface area contributed by atoms with Gasteiger partial charge in [-0.3, -0.25) is 4.90 Å². The molecule has 5 heteroatoms. The van der Waals surface area contributed by atoms with Crippen LogP contribution < -0.4 is 10.2 Å². The van der Waals surface area contributed by atoms with E-state index in [1.165, 1.54) is 25.8 Å². The van der Waals surface area contributed by atoms with Gasteiger partial charge in [-0.05, 0) is 42.8 Å². The first-order chi connectivity index (χ1) is 9.22. The molecule has 102 valence electrons. The van der Waals surface area contributed by atoms with Gasteiger partial charge in [0.15, 0.2) is 0 Å². The summed E-state index contributed by atoms with van der Waals surface area (Å²) >= 11 is 0. The molecule has 2 fully saturated rings. The molecule has 4 nitrogen and oxygen atoms in total. The molecular weight excluding hydrogens is 241 g/mol. The first-order valence-corrected chi connectivity index (χ1v) is 7.05. The maximum atomic E-state index is 9.11. The summed E-state index contributed by atoms with van der Waals surface area (Å²) in [5, 5.41) is 18.2. The van der Waals surface area contributed by atoms with E-state index in [1.54, 1.807) is 18.2 Å². The minimum absolute atomic E-state index is 0.470.